The Morgan fingerprint density at radius 1 is 1.18 bits per heavy atom. The van der Waals surface area contributed by atoms with Crippen molar-refractivity contribution in [2.24, 2.45) is 4.99 Å². The van der Waals surface area contributed by atoms with Gasteiger partial charge in [0.25, 0.3) is 0 Å². The molecule has 5 rings (SSSR count). The summed E-state index contributed by atoms with van der Waals surface area (Å²) in [5.74, 6) is -0.758. The van der Waals surface area contributed by atoms with E-state index in [0.717, 1.165) is 30.2 Å². The van der Waals surface area contributed by atoms with E-state index in [9.17, 15) is 9.18 Å². The van der Waals surface area contributed by atoms with Gasteiger partial charge in [-0.3, -0.25) is 9.78 Å². The Kier molecular flexibility index (Phi) is 5.60. The van der Waals surface area contributed by atoms with Gasteiger partial charge < -0.3 is 9.64 Å². The van der Waals surface area contributed by atoms with Crippen LogP contribution in [0.1, 0.15) is 41.4 Å². The Bertz CT molecular complexity index is 1370. The largest absolute Gasteiger partial charge is 0.369 e. The van der Waals surface area contributed by atoms with Crippen LogP contribution in [0.5, 0.6) is 0 Å². The van der Waals surface area contributed by atoms with E-state index in [-0.39, 0.29) is 17.5 Å². The summed E-state index contributed by atoms with van der Waals surface area (Å²) >= 11 is 0. The second-order valence-corrected chi connectivity index (χ2v) is 8.36. The summed E-state index contributed by atoms with van der Waals surface area (Å²) in [6, 6.07) is 10.3. The maximum Gasteiger partial charge on any atom is 0.197 e. The number of aromatic nitrogens is 3. The third-order valence-electron chi connectivity index (χ3n) is 5.75. The highest BCUT2D eigenvalue weighted by atomic mass is 19.1. The second-order valence-electron chi connectivity index (χ2n) is 8.36. The van der Waals surface area contributed by atoms with Crippen molar-refractivity contribution in [1.82, 2.24) is 19.7 Å². The van der Waals surface area contributed by atoms with Gasteiger partial charge in [-0.15, -0.1) is 0 Å². The van der Waals surface area contributed by atoms with E-state index in [1.54, 1.807) is 22.1 Å². The molecule has 0 bridgehead atoms. The summed E-state index contributed by atoms with van der Waals surface area (Å²) in [5.41, 5.74) is 2.13. The van der Waals surface area contributed by atoms with Gasteiger partial charge in [-0.1, -0.05) is 18.2 Å². The molecule has 168 valence electrons. The normalized spacial score (nSPS) is 16.6. The van der Waals surface area contributed by atoms with Gasteiger partial charge in [-0.2, -0.15) is 5.10 Å². The van der Waals surface area contributed by atoms with Crippen LogP contribution >= 0.6 is 0 Å². The zero-order valence-corrected chi connectivity index (χ0v) is 18.5. The molecule has 2 aromatic heterocycles. The molecule has 4 aromatic rings. The predicted molar refractivity (Wildman–Crippen MR) is 126 cm³/mol. The minimum Gasteiger partial charge on any atom is -0.369 e. The monoisotopic (exact) mass is 445 g/mol. The Balaban J connectivity index is 1.65. The SMILES string of the molecule is CN(C)C=Nc1c(C(=O)c2ccc(F)c3nn(C4CCCCO4)cc23)cnc2ccccc12. The molecule has 8 heteroatoms. The van der Waals surface area contributed by atoms with E-state index in [1.165, 1.54) is 18.3 Å². The molecule has 1 fully saturated rings. The molecule has 1 atom stereocenters. The number of rotatable bonds is 5. The lowest BCUT2D eigenvalue weighted by atomic mass is 9.98. The molecule has 7 nitrogen and oxygen atoms in total. The highest BCUT2D eigenvalue weighted by Gasteiger charge is 2.24. The first-order valence-corrected chi connectivity index (χ1v) is 10.9. The number of ketones is 1. The number of carbonyl (C=O) groups excluding carboxylic acids is 1. The number of nitrogens with zero attached hydrogens (tertiary/aromatic N) is 5. The summed E-state index contributed by atoms with van der Waals surface area (Å²) in [6.45, 7) is 0.644. The number of ether oxygens (including phenoxy) is 1. The Hall–Kier alpha value is -3.65. The van der Waals surface area contributed by atoms with E-state index < -0.39 is 5.82 Å². The van der Waals surface area contributed by atoms with Crippen molar-refractivity contribution in [3.05, 3.63) is 65.7 Å². The van der Waals surface area contributed by atoms with E-state index in [0.29, 0.717) is 28.8 Å². The lowest BCUT2D eigenvalue weighted by Gasteiger charge is -2.22. The third-order valence-corrected chi connectivity index (χ3v) is 5.75. The van der Waals surface area contributed by atoms with Gasteiger partial charge in [0, 0.05) is 49.4 Å². The molecule has 3 heterocycles. The minimum absolute atomic E-state index is 0.155. The number of fused-ring (bicyclic) bond motifs is 2. The molecule has 1 saturated heterocycles. The molecule has 0 radical (unpaired) electrons. The number of hydrogen-bond acceptors (Lipinski definition) is 5. The highest BCUT2D eigenvalue weighted by Crippen LogP contribution is 2.33. The molecule has 1 aliphatic rings. The number of carbonyl (C=O) groups is 1. The summed E-state index contributed by atoms with van der Waals surface area (Å²) in [4.78, 5) is 24.6. The van der Waals surface area contributed by atoms with E-state index in [2.05, 4.69) is 15.1 Å². The molecule has 33 heavy (non-hydrogen) atoms. The summed E-state index contributed by atoms with van der Waals surface area (Å²) in [6.07, 6.45) is 7.46. The van der Waals surface area contributed by atoms with E-state index in [4.69, 9.17) is 4.74 Å². The highest BCUT2D eigenvalue weighted by molar-refractivity contribution is 6.20. The summed E-state index contributed by atoms with van der Waals surface area (Å²) in [7, 11) is 3.72. The summed E-state index contributed by atoms with van der Waals surface area (Å²) < 4.78 is 22.1. The lowest BCUT2D eigenvalue weighted by molar-refractivity contribution is -0.0391. The molecule has 1 aliphatic heterocycles. The third kappa shape index (κ3) is 3.98. The van der Waals surface area contributed by atoms with Crippen LogP contribution in [-0.4, -0.2) is 52.5 Å². The topological polar surface area (TPSA) is 72.6 Å². The Morgan fingerprint density at radius 3 is 2.82 bits per heavy atom. The predicted octanol–water partition coefficient (Wildman–Crippen LogP) is 4.88. The van der Waals surface area contributed by atoms with Gasteiger partial charge >= 0.3 is 0 Å². The van der Waals surface area contributed by atoms with Crippen molar-refractivity contribution in [3.63, 3.8) is 0 Å². The van der Waals surface area contributed by atoms with Gasteiger partial charge in [0.1, 0.15) is 11.7 Å². The molecule has 0 spiro atoms. The first-order chi connectivity index (χ1) is 16.0. The molecule has 0 N–H and O–H groups in total. The molecule has 0 amide bonds. The number of hydrogen-bond donors (Lipinski definition) is 0. The molecule has 2 aromatic carbocycles. The van der Waals surface area contributed by atoms with Crippen molar-refractivity contribution < 1.29 is 13.9 Å². The number of pyridine rings is 1. The zero-order chi connectivity index (χ0) is 22.9. The first-order valence-electron chi connectivity index (χ1n) is 10.9. The second kappa shape index (κ2) is 8.71. The zero-order valence-electron chi connectivity index (χ0n) is 18.5. The first kappa shape index (κ1) is 21.2. The minimum atomic E-state index is -0.474. The standard InChI is InChI=1S/C25H24FN5O2/c1-30(2)15-28-23-17-7-3-4-8-21(17)27-13-18(23)25(32)16-10-11-20(26)24-19(16)14-31(29-24)22-9-5-6-12-33-22/h3-4,7-8,10-11,13-15,22H,5-6,9,12H2,1-2H3. The average molecular weight is 445 g/mol. The van der Waals surface area contributed by atoms with Crippen LogP contribution in [0.15, 0.2) is 53.8 Å². The van der Waals surface area contributed by atoms with Crippen LogP contribution in [0.25, 0.3) is 21.8 Å². The van der Waals surface area contributed by atoms with E-state index >= 15 is 0 Å². The number of halogens is 1. The fraction of sp³-hybridized carbons (Fsp3) is 0.280. The fourth-order valence-corrected chi connectivity index (χ4v) is 4.12. The van der Waals surface area contributed by atoms with Crippen LogP contribution in [0, 0.1) is 5.82 Å². The van der Waals surface area contributed by atoms with Gasteiger partial charge in [0.05, 0.1) is 23.1 Å². The maximum atomic E-state index is 14.6. The fourth-order valence-electron chi connectivity index (χ4n) is 4.12. The maximum absolute atomic E-state index is 14.6. The quantitative estimate of drug-likeness (QED) is 0.249. The van der Waals surface area contributed by atoms with Crippen molar-refractivity contribution >= 4 is 39.6 Å². The van der Waals surface area contributed by atoms with Crippen molar-refractivity contribution in [1.29, 1.82) is 0 Å². The van der Waals surface area contributed by atoms with Crippen LogP contribution in [0.4, 0.5) is 10.1 Å². The van der Waals surface area contributed by atoms with Crippen LogP contribution in [-0.2, 0) is 4.74 Å². The molecule has 0 aliphatic carbocycles. The Labute approximate surface area is 190 Å². The van der Waals surface area contributed by atoms with Crippen molar-refractivity contribution in [2.75, 3.05) is 20.7 Å². The number of para-hydroxylation sites is 1. The molecule has 0 saturated carbocycles. The molecular formula is C25H24FN5O2. The number of aliphatic imine (C=N–C) groups is 1. The smallest absolute Gasteiger partial charge is 0.197 e. The van der Waals surface area contributed by atoms with Crippen molar-refractivity contribution in [2.45, 2.75) is 25.5 Å². The summed E-state index contributed by atoms with van der Waals surface area (Å²) in [5, 5.41) is 5.64. The van der Waals surface area contributed by atoms with Gasteiger partial charge in [-0.25, -0.2) is 14.1 Å². The number of benzene rings is 2. The van der Waals surface area contributed by atoms with Crippen LogP contribution in [0.2, 0.25) is 0 Å². The van der Waals surface area contributed by atoms with Crippen molar-refractivity contribution in [3.8, 4) is 0 Å². The van der Waals surface area contributed by atoms with Gasteiger partial charge in [0.15, 0.2) is 11.6 Å². The van der Waals surface area contributed by atoms with E-state index in [1.807, 2.05) is 38.4 Å². The lowest BCUT2D eigenvalue weighted by Crippen LogP contribution is -2.18. The molecular weight excluding hydrogens is 421 g/mol. The average Bonchev–Trinajstić information content (AvgIpc) is 3.29. The van der Waals surface area contributed by atoms with Crippen LogP contribution in [0.3, 0.4) is 0 Å². The van der Waals surface area contributed by atoms with Gasteiger partial charge in [0.2, 0.25) is 0 Å². The van der Waals surface area contributed by atoms with Gasteiger partial charge in [-0.05, 0) is 37.5 Å². The molecule has 1 unspecified atom stereocenters. The van der Waals surface area contributed by atoms with Crippen LogP contribution < -0.4 is 0 Å². The Morgan fingerprint density at radius 2 is 2.03 bits per heavy atom.